The van der Waals surface area contributed by atoms with Crippen molar-refractivity contribution in [3.05, 3.63) is 437 Å². The molecule has 0 amide bonds. The second-order valence-electron chi connectivity index (χ2n) is 35.4. The molecule has 0 atom stereocenters. The van der Waals surface area contributed by atoms with Crippen LogP contribution in [0.1, 0.15) is 0 Å². The maximum absolute atomic E-state index is 6.32. The first kappa shape index (κ1) is 73.2. The summed E-state index contributed by atoms with van der Waals surface area (Å²) in [5.41, 5.74) is 28.3. The summed E-state index contributed by atoms with van der Waals surface area (Å²) in [6.07, 6.45) is 0. The molecule has 22 aromatic carbocycles. The molecule has 133 heavy (non-hydrogen) atoms. The Hall–Kier alpha value is -17.9. The molecule has 0 N–H and O–H groups in total. The molecule has 9 nitrogen and oxygen atoms in total. The number of fused-ring (bicyclic) bond motifs is 27. The van der Waals surface area contributed by atoms with Crippen LogP contribution >= 0.6 is 0 Å². The first-order chi connectivity index (χ1) is 65.9. The Bertz CT molecular complexity index is 10100. The van der Waals surface area contributed by atoms with E-state index in [1.165, 1.54) is 141 Å². The molecule has 1 aliphatic rings. The molecule has 0 saturated carbocycles. The van der Waals surface area contributed by atoms with Gasteiger partial charge in [0.05, 0.1) is 72.2 Å². The maximum Gasteiger partial charge on any atom is 0.160 e. The average Bonchev–Trinajstić information content (AvgIpc) is 1.59. The van der Waals surface area contributed by atoms with E-state index in [1.54, 1.807) is 0 Å². The molecular weight excluding hydrogens is 1620 g/mol. The van der Waals surface area contributed by atoms with Crippen molar-refractivity contribution in [3.8, 4) is 90.3 Å². The third kappa shape index (κ3) is 11.0. The van der Waals surface area contributed by atoms with E-state index in [-0.39, 0.29) is 0 Å². The predicted molar refractivity (Wildman–Crippen MR) is 555 cm³/mol. The van der Waals surface area contributed by atoms with E-state index in [2.05, 4.69) is 437 Å². The Balaban J connectivity index is 0.000000131. The Labute approximate surface area is 760 Å². The maximum atomic E-state index is 6.32. The second kappa shape index (κ2) is 28.3. The van der Waals surface area contributed by atoms with Crippen LogP contribution in [0, 0.1) is 0 Å². The van der Waals surface area contributed by atoms with Crippen LogP contribution in [-0.2, 0) is 0 Å². The lowest BCUT2D eigenvalue weighted by molar-refractivity contribution is 0.669. The van der Waals surface area contributed by atoms with E-state index in [4.69, 9.17) is 24.4 Å². The number of para-hydroxylation sites is 7. The monoisotopic (exact) mass is 1690 g/mol. The quantitative estimate of drug-likeness (QED) is 0.151. The summed E-state index contributed by atoms with van der Waals surface area (Å²) < 4.78 is 16.0. The fourth-order valence-corrected chi connectivity index (χ4v) is 22.4. The summed E-state index contributed by atoms with van der Waals surface area (Å²) in [7, 11) is 0. The molecule has 0 unspecified atom stereocenters. The highest BCUT2D eigenvalue weighted by atomic mass is 16.3. The van der Waals surface area contributed by atoms with E-state index in [1.807, 2.05) is 18.2 Å². The molecule has 0 bridgehead atoms. The molecule has 0 aliphatic heterocycles. The van der Waals surface area contributed by atoms with Gasteiger partial charge < -0.3 is 22.7 Å². The van der Waals surface area contributed by atoms with Crippen molar-refractivity contribution >= 4 is 196 Å². The van der Waals surface area contributed by atoms with Gasteiger partial charge in [-0.2, -0.15) is 0 Å². The van der Waals surface area contributed by atoms with Gasteiger partial charge >= 0.3 is 0 Å². The fraction of sp³-hybridized carbons (Fsp3) is 0. The van der Waals surface area contributed by atoms with E-state index in [0.29, 0.717) is 11.6 Å². The molecule has 0 spiro atoms. The third-order valence-corrected chi connectivity index (χ3v) is 28.2. The molecule has 0 fully saturated rings. The van der Waals surface area contributed by atoms with E-state index >= 15 is 0 Å². The van der Waals surface area contributed by atoms with Crippen LogP contribution < -0.4 is 0 Å². The van der Waals surface area contributed by atoms with Gasteiger partial charge in [-0.3, -0.25) is 0 Å². The molecular formula is C124H72N8O. The lowest BCUT2D eigenvalue weighted by Crippen LogP contribution is -1.99. The van der Waals surface area contributed by atoms with Crippen molar-refractivity contribution in [1.82, 2.24) is 38.2 Å². The molecule has 30 rings (SSSR count). The van der Waals surface area contributed by atoms with Crippen LogP contribution in [0.3, 0.4) is 0 Å². The fourth-order valence-electron chi connectivity index (χ4n) is 22.4. The number of benzene rings is 22. The predicted octanol–water partition coefficient (Wildman–Crippen LogP) is 32.8. The lowest BCUT2D eigenvalue weighted by Gasteiger charge is -2.16. The first-order valence-corrected chi connectivity index (χ1v) is 45.5. The molecule has 29 aromatic rings. The number of hydrogen-bond acceptors (Lipinski definition) is 5. The summed E-state index contributed by atoms with van der Waals surface area (Å²) >= 11 is 0. The summed E-state index contributed by atoms with van der Waals surface area (Å²) in [6, 6.07) is 158. The minimum atomic E-state index is 0.671. The first-order valence-electron chi connectivity index (χ1n) is 45.5. The number of nitrogens with zero attached hydrogens (tertiary/aromatic N) is 8. The molecule has 614 valence electrons. The van der Waals surface area contributed by atoms with Gasteiger partial charge in [-0.25, -0.2) is 19.9 Å². The van der Waals surface area contributed by atoms with Crippen LogP contribution in [-0.4, -0.2) is 38.2 Å². The van der Waals surface area contributed by atoms with Gasteiger partial charge in [0.15, 0.2) is 11.6 Å². The highest BCUT2D eigenvalue weighted by Crippen LogP contribution is 2.52. The van der Waals surface area contributed by atoms with Gasteiger partial charge in [0.25, 0.3) is 0 Å². The normalized spacial score (nSPS) is 12.2. The smallest absolute Gasteiger partial charge is 0.160 e. The van der Waals surface area contributed by atoms with Gasteiger partial charge in [-0.05, 0) is 221 Å². The van der Waals surface area contributed by atoms with Crippen LogP contribution in [0.2, 0.25) is 0 Å². The van der Waals surface area contributed by atoms with E-state index in [9.17, 15) is 0 Å². The zero-order chi connectivity index (χ0) is 86.8. The largest absolute Gasteiger partial charge is 0.456 e. The van der Waals surface area contributed by atoms with Crippen molar-refractivity contribution in [3.63, 3.8) is 0 Å². The number of furan rings is 1. The Morgan fingerprint density at radius 1 is 0.173 bits per heavy atom. The van der Waals surface area contributed by atoms with Gasteiger partial charge in [0.1, 0.15) is 11.2 Å². The summed E-state index contributed by atoms with van der Waals surface area (Å²) in [5.74, 6) is 1.37. The molecule has 0 radical (unpaired) electrons. The third-order valence-electron chi connectivity index (χ3n) is 28.2. The van der Waals surface area contributed by atoms with E-state index in [0.717, 1.165) is 133 Å². The topological polar surface area (TPSA) is 84.4 Å². The summed E-state index contributed by atoms with van der Waals surface area (Å²) in [4.78, 5) is 21.4. The van der Waals surface area contributed by atoms with Gasteiger partial charge in [-0.1, -0.05) is 297 Å². The van der Waals surface area contributed by atoms with Crippen molar-refractivity contribution in [2.45, 2.75) is 0 Å². The Kier molecular flexibility index (Phi) is 15.6. The number of hydrogen-bond donors (Lipinski definition) is 0. The Morgan fingerprint density at radius 2 is 0.617 bits per heavy atom. The van der Waals surface area contributed by atoms with Crippen molar-refractivity contribution in [1.29, 1.82) is 0 Å². The second-order valence-corrected chi connectivity index (χ2v) is 35.4. The zero-order valence-electron chi connectivity index (χ0n) is 71.6. The SMILES string of the molecule is c1cc(-c2nc(-c3ccc4c(c3)oc3ccccc34)c3ccccc3n2)cc(-n2c3ccccc3c3cc4ccc(-n5c6ccccc6c6c7ccccc7ccc65)cc4cc32)c1.c1ccc2c(c1)-c1cccc3c(-c4nc(-c5cc(-n6c7ccccc7c7cc8ccc(-n9c%10ccccc%10c%10c%11ccccc%11ccc%109)cc8cc76)c6ccccc6c5)nc5ccccc45)ccc-2c13. The lowest BCUT2D eigenvalue weighted by atomic mass is 9.95. The van der Waals surface area contributed by atoms with Crippen LogP contribution in [0.4, 0.5) is 0 Å². The molecule has 0 saturated heterocycles. The minimum Gasteiger partial charge on any atom is -0.456 e. The molecule has 9 heteroatoms. The number of aromatic nitrogens is 8. The van der Waals surface area contributed by atoms with Crippen LogP contribution in [0.25, 0.3) is 286 Å². The van der Waals surface area contributed by atoms with Crippen molar-refractivity contribution in [2.24, 2.45) is 0 Å². The van der Waals surface area contributed by atoms with Gasteiger partial charge in [-0.15, -0.1) is 0 Å². The average molecular weight is 1690 g/mol. The zero-order valence-corrected chi connectivity index (χ0v) is 71.6. The minimum absolute atomic E-state index is 0.671. The van der Waals surface area contributed by atoms with Crippen LogP contribution in [0.5, 0.6) is 0 Å². The standard InChI is InChI=1S/C66H38N4.C58H34N4O/c1-4-17-46-39(14-1)29-33-60-64(46)55-22-9-12-27-59(55)69(60)44-30-28-40-36-56-49-20-8-11-26-58(49)70(62(56)37-42(40)35-44)61-38-43(34-41-15-2-3-16-45(41)61)66-67-57-25-10-7-21-54(57)65(68-66)53-32-31-52-48-19-6-5-18-47(48)50-23-13-24-51(53)63(50)52;1-2-15-42-35(12-1)26-29-52-56(42)47-19-5-9-22-51(47)61(52)41-27-24-36-32-48-43-16-4-8-21-50(43)62(53(48)33-39(36)31-41)40-14-11-13-38(30-40)58-59-49-20-7-3-18-46(49)57(60-58)37-25-28-45-44-17-6-10-23-54(44)63-55(45)34-37/h1-38H;1-34H. The van der Waals surface area contributed by atoms with Crippen molar-refractivity contribution in [2.75, 3.05) is 0 Å². The highest BCUT2D eigenvalue weighted by molar-refractivity contribution is 6.25. The highest BCUT2D eigenvalue weighted by Gasteiger charge is 2.28. The molecule has 7 heterocycles. The number of rotatable bonds is 8. The molecule has 1 aliphatic carbocycles. The van der Waals surface area contributed by atoms with Crippen LogP contribution in [0.15, 0.2) is 441 Å². The summed E-state index contributed by atoms with van der Waals surface area (Å²) in [6.45, 7) is 0. The Morgan fingerprint density at radius 3 is 1.26 bits per heavy atom. The summed E-state index contributed by atoms with van der Waals surface area (Å²) in [5, 5.41) is 28.8. The van der Waals surface area contributed by atoms with Crippen molar-refractivity contribution < 1.29 is 4.42 Å². The van der Waals surface area contributed by atoms with Gasteiger partial charge in [0, 0.05) is 109 Å². The van der Waals surface area contributed by atoms with E-state index < -0.39 is 0 Å². The molecule has 7 aromatic heterocycles. The van der Waals surface area contributed by atoms with Gasteiger partial charge in [0.2, 0.25) is 0 Å².